The molecule has 2 nitrogen and oxygen atoms in total. The first kappa shape index (κ1) is 8.94. The van der Waals surface area contributed by atoms with Crippen LogP contribution in [0.4, 0.5) is 4.39 Å². The molecule has 0 aromatic rings. The van der Waals surface area contributed by atoms with Crippen molar-refractivity contribution in [2.75, 3.05) is 33.4 Å². The van der Waals surface area contributed by atoms with Gasteiger partial charge in [-0.05, 0) is 12.8 Å². The lowest BCUT2D eigenvalue weighted by Crippen LogP contribution is -2.23. The predicted molar refractivity (Wildman–Crippen MR) is 42.4 cm³/mol. The average Bonchev–Trinajstić information content (AvgIpc) is 2.37. The van der Waals surface area contributed by atoms with Crippen LogP contribution in [0.15, 0.2) is 0 Å². The molecule has 0 aromatic heterocycles. The van der Waals surface area contributed by atoms with Crippen LogP contribution in [0, 0.1) is 0 Å². The Kier molecular flexibility index (Phi) is 3.80. The number of alkyl halides is 1. The Morgan fingerprint density at radius 1 is 1.64 bits per heavy atom. The van der Waals surface area contributed by atoms with Gasteiger partial charge in [-0.2, -0.15) is 0 Å². The number of ether oxygens (including phenoxy) is 1. The predicted octanol–water partition coefficient (Wildman–Crippen LogP) is 1.07. The van der Waals surface area contributed by atoms with E-state index in [0.717, 1.165) is 26.1 Å². The summed E-state index contributed by atoms with van der Waals surface area (Å²) in [7, 11) is 1.70. The summed E-state index contributed by atoms with van der Waals surface area (Å²) in [5, 5.41) is 0. The van der Waals surface area contributed by atoms with E-state index in [1.807, 2.05) is 0 Å². The van der Waals surface area contributed by atoms with E-state index < -0.39 is 6.17 Å². The van der Waals surface area contributed by atoms with E-state index in [1.54, 1.807) is 7.11 Å². The second-order valence-electron chi connectivity index (χ2n) is 3.03. The summed E-state index contributed by atoms with van der Waals surface area (Å²) >= 11 is 0. The Balaban J connectivity index is 1.99. The highest BCUT2D eigenvalue weighted by Crippen LogP contribution is 2.11. The molecule has 0 bridgehead atoms. The molecule has 1 fully saturated rings. The monoisotopic (exact) mass is 161 g/mol. The molecule has 1 rings (SSSR count). The van der Waals surface area contributed by atoms with E-state index in [2.05, 4.69) is 4.90 Å². The van der Waals surface area contributed by atoms with Gasteiger partial charge in [0.2, 0.25) is 0 Å². The van der Waals surface area contributed by atoms with Crippen molar-refractivity contribution in [1.29, 1.82) is 0 Å². The van der Waals surface area contributed by atoms with Crippen molar-refractivity contribution in [2.24, 2.45) is 0 Å². The van der Waals surface area contributed by atoms with Gasteiger partial charge >= 0.3 is 0 Å². The highest BCUT2D eigenvalue weighted by molar-refractivity contribution is 4.74. The third kappa shape index (κ3) is 3.16. The highest BCUT2D eigenvalue weighted by atomic mass is 19.1. The zero-order chi connectivity index (χ0) is 8.10. The van der Waals surface area contributed by atoms with E-state index in [9.17, 15) is 4.39 Å². The SMILES string of the molecule is COCCCN1CCC(F)C1. The second-order valence-corrected chi connectivity index (χ2v) is 3.03. The van der Waals surface area contributed by atoms with Crippen molar-refractivity contribution in [3.8, 4) is 0 Å². The van der Waals surface area contributed by atoms with E-state index in [1.165, 1.54) is 0 Å². The number of hydrogen-bond acceptors (Lipinski definition) is 2. The van der Waals surface area contributed by atoms with E-state index in [4.69, 9.17) is 4.74 Å². The fourth-order valence-corrected chi connectivity index (χ4v) is 1.42. The fourth-order valence-electron chi connectivity index (χ4n) is 1.42. The number of methoxy groups -OCH3 is 1. The Bertz CT molecular complexity index is 110. The lowest BCUT2D eigenvalue weighted by molar-refractivity contribution is 0.177. The van der Waals surface area contributed by atoms with Crippen LogP contribution in [-0.4, -0.2) is 44.4 Å². The van der Waals surface area contributed by atoms with Gasteiger partial charge in [0.1, 0.15) is 6.17 Å². The van der Waals surface area contributed by atoms with Gasteiger partial charge in [-0.15, -0.1) is 0 Å². The van der Waals surface area contributed by atoms with Crippen molar-refractivity contribution in [3.05, 3.63) is 0 Å². The molecular formula is C8H16FNO. The molecule has 1 saturated heterocycles. The molecule has 11 heavy (non-hydrogen) atoms. The van der Waals surface area contributed by atoms with Crippen molar-refractivity contribution < 1.29 is 9.13 Å². The first-order valence-electron chi connectivity index (χ1n) is 4.18. The fraction of sp³-hybridized carbons (Fsp3) is 1.00. The average molecular weight is 161 g/mol. The summed E-state index contributed by atoms with van der Waals surface area (Å²) in [5.74, 6) is 0. The smallest absolute Gasteiger partial charge is 0.114 e. The molecule has 1 aliphatic heterocycles. The van der Waals surface area contributed by atoms with Crippen LogP contribution >= 0.6 is 0 Å². The molecule has 1 unspecified atom stereocenters. The summed E-state index contributed by atoms with van der Waals surface area (Å²) in [4.78, 5) is 2.16. The summed E-state index contributed by atoms with van der Waals surface area (Å²) in [6, 6.07) is 0. The molecule has 0 aromatic carbocycles. The van der Waals surface area contributed by atoms with Crippen molar-refractivity contribution in [2.45, 2.75) is 19.0 Å². The Morgan fingerprint density at radius 2 is 2.45 bits per heavy atom. The largest absolute Gasteiger partial charge is 0.385 e. The molecule has 0 N–H and O–H groups in total. The van der Waals surface area contributed by atoms with Gasteiger partial charge in [0.05, 0.1) is 0 Å². The Labute approximate surface area is 67.3 Å². The number of nitrogens with zero attached hydrogens (tertiary/aromatic N) is 1. The van der Waals surface area contributed by atoms with E-state index in [0.29, 0.717) is 13.0 Å². The summed E-state index contributed by atoms with van der Waals surface area (Å²) in [6.45, 7) is 3.32. The normalized spacial score (nSPS) is 26.2. The van der Waals surface area contributed by atoms with E-state index >= 15 is 0 Å². The van der Waals surface area contributed by atoms with E-state index in [-0.39, 0.29) is 0 Å². The number of likely N-dealkylation sites (tertiary alicyclic amines) is 1. The maximum Gasteiger partial charge on any atom is 0.114 e. The van der Waals surface area contributed by atoms with Gasteiger partial charge in [-0.3, -0.25) is 0 Å². The molecule has 0 radical (unpaired) electrons. The molecule has 1 heterocycles. The van der Waals surface area contributed by atoms with Crippen LogP contribution in [0.25, 0.3) is 0 Å². The number of rotatable bonds is 4. The topological polar surface area (TPSA) is 12.5 Å². The molecule has 1 atom stereocenters. The van der Waals surface area contributed by atoms with Gasteiger partial charge in [-0.25, -0.2) is 4.39 Å². The third-order valence-electron chi connectivity index (χ3n) is 2.04. The molecule has 0 aliphatic carbocycles. The van der Waals surface area contributed by atoms with Crippen LogP contribution in [0.5, 0.6) is 0 Å². The van der Waals surface area contributed by atoms with Crippen LogP contribution in [0.1, 0.15) is 12.8 Å². The van der Waals surface area contributed by atoms with Crippen LogP contribution in [0.3, 0.4) is 0 Å². The summed E-state index contributed by atoms with van der Waals surface area (Å²) in [5.41, 5.74) is 0. The van der Waals surface area contributed by atoms with Crippen molar-refractivity contribution in [3.63, 3.8) is 0 Å². The Hall–Kier alpha value is -0.150. The standard InChI is InChI=1S/C8H16FNO/c1-11-6-2-4-10-5-3-8(9)7-10/h8H,2-7H2,1H3. The second kappa shape index (κ2) is 4.67. The van der Waals surface area contributed by atoms with Crippen molar-refractivity contribution in [1.82, 2.24) is 4.90 Å². The lowest BCUT2D eigenvalue weighted by Gasteiger charge is -2.13. The third-order valence-corrected chi connectivity index (χ3v) is 2.04. The first-order valence-corrected chi connectivity index (χ1v) is 4.18. The van der Waals surface area contributed by atoms with Gasteiger partial charge in [0, 0.05) is 33.4 Å². The van der Waals surface area contributed by atoms with Gasteiger partial charge in [0.25, 0.3) is 0 Å². The molecule has 0 amide bonds. The minimum absolute atomic E-state index is 0.586. The van der Waals surface area contributed by atoms with Gasteiger partial charge < -0.3 is 9.64 Å². The summed E-state index contributed by atoms with van der Waals surface area (Å²) < 4.78 is 17.5. The van der Waals surface area contributed by atoms with Crippen LogP contribution < -0.4 is 0 Å². The lowest BCUT2D eigenvalue weighted by atomic mass is 10.3. The molecule has 0 spiro atoms. The van der Waals surface area contributed by atoms with Gasteiger partial charge in [0.15, 0.2) is 0 Å². The molecule has 66 valence electrons. The maximum absolute atomic E-state index is 12.6. The minimum atomic E-state index is -0.586. The number of hydrogen-bond donors (Lipinski definition) is 0. The number of halogens is 1. The highest BCUT2D eigenvalue weighted by Gasteiger charge is 2.20. The van der Waals surface area contributed by atoms with Gasteiger partial charge in [-0.1, -0.05) is 0 Å². The molecule has 1 aliphatic rings. The maximum atomic E-state index is 12.6. The molecule has 3 heteroatoms. The molecular weight excluding hydrogens is 145 g/mol. The first-order chi connectivity index (χ1) is 5.33. The quantitative estimate of drug-likeness (QED) is 0.572. The summed E-state index contributed by atoms with van der Waals surface area (Å²) in [6.07, 6.45) is 1.15. The van der Waals surface area contributed by atoms with Crippen molar-refractivity contribution >= 4 is 0 Å². The van der Waals surface area contributed by atoms with Crippen LogP contribution in [-0.2, 0) is 4.74 Å². The zero-order valence-electron chi connectivity index (χ0n) is 7.05. The Morgan fingerprint density at radius 3 is 3.00 bits per heavy atom. The zero-order valence-corrected chi connectivity index (χ0v) is 7.05. The molecule has 0 saturated carbocycles. The van der Waals surface area contributed by atoms with Crippen LogP contribution in [0.2, 0.25) is 0 Å². The minimum Gasteiger partial charge on any atom is -0.385 e.